The van der Waals surface area contributed by atoms with Crippen molar-refractivity contribution in [2.75, 3.05) is 13.1 Å². The topological polar surface area (TPSA) is 32.3 Å². The number of amides is 1. The average Bonchev–Trinajstić information content (AvgIpc) is 2.01. The van der Waals surface area contributed by atoms with Gasteiger partial charge in [-0.05, 0) is 13.8 Å². The number of carbonyl (C=O) groups is 1. The monoisotopic (exact) mass is 170 g/mol. The Kier molecular flexibility index (Phi) is 3.09. The maximum atomic E-state index is 11.4. The Labute approximate surface area is 74.1 Å². The zero-order valence-electron chi connectivity index (χ0n) is 8.13. The largest absolute Gasteiger partial charge is 0.340 e. The summed E-state index contributed by atoms with van der Waals surface area (Å²) in [6, 6.07) is 0.869. The lowest BCUT2D eigenvalue weighted by molar-refractivity contribution is -0.132. The van der Waals surface area contributed by atoms with Crippen LogP contribution in [-0.2, 0) is 4.79 Å². The van der Waals surface area contributed by atoms with E-state index >= 15 is 0 Å². The van der Waals surface area contributed by atoms with Gasteiger partial charge in [-0.15, -0.1) is 0 Å². The Morgan fingerprint density at radius 3 is 2.33 bits per heavy atom. The summed E-state index contributed by atoms with van der Waals surface area (Å²) in [6.07, 6.45) is 0.624. The summed E-state index contributed by atoms with van der Waals surface area (Å²) in [7, 11) is 0. The summed E-state index contributed by atoms with van der Waals surface area (Å²) in [6.45, 7) is 7.87. The van der Waals surface area contributed by atoms with E-state index in [4.69, 9.17) is 0 Å². The second-order valence-corrected chi connectivity index (χ2v) is 3.62. The van der Waals surface area contributed by atoms with Crippen molar-refractivity contribution < 1.29 is 4.79 Å². The average molecular weight is 170 g/mol. The van der Waals surface area contributed by atoms with Crippen molar-refractivity contribution in [3.8, 4) is 0 Å². The van der Waals surface area contributed by atoms with E-state index in [0.717, 1.165) is 13.1 Å². The molecular formula is C9H18N2O. The van der Waals surface area contributed by atoms with E-state index in [-0.39, 0.29) is 5.91 Å². The minimum atomic E-state index is 0.273. The SMILES string of the molecule is CCC(=O)N1C[C@@H](C)N[C@@H](C)C1. The number of rotatable bonds is 1. The van der Waals surface area contributed by atoms with Gasteiger partial charge in [0.2, 0.25) is 5.91 Å². The van der Waals surface area contributed by atoms with Crippen LogP contribution >= 0.6 is 0 Å². The number of hydrogen-bond acceptors (Lipinski definition) is 2. The molecule has 1 fully saturated rings. The molecule has 3 heteroatoms. The molecule has 0 saturated carbocycles. The molecule has 1 saturated heterocycles. The molecule has 0 aromatic heterocycles. The van der Waals surface area contributed by atoms with E-state index in [1.807, 2.05) is 11.8 Å². The molecule has 1 heterocycles. The van der Waals surface area contributed by atoms with Gasteiger partial charge in [-0.3, -0.25) is 4.79 Å². The predicted molar refractivity (Wildman–Crippen MR) is 48.9 cm³/mol. The minimum absolute atomic E-state index is 0.273. The summed E-state index contributed by atoms with van der Waals surface area (Å²) < 4.78 is 0. The van der Waals surface area contributed by atoms with E-state index in [2.05, 4.69) is 19.2 Å². The summed E-state index contributed by atoms with van der Waals surface area (Å²) in [5.41, 5.74) is 0. The number of carbonyl (C=O) groups excluding carboxylic acids is 1. The highest BCUT2D eigenvalue weighted by molar-refractivity contribution is 5.76. The fourth-order valence-electron chi connectivity index (χ4n) is 1.75. The predicted octanol–water partition coefficient (Wildman–Crippen LogP) is 0.605. The first-order valence-electron chi connectivity index (χ1n) is 4.67. The molecule has 1 amide bonds. The lowest BCUT2D eigenvalue weighted by Gasteiger charge is -2.36. The molecule has 2 atom stereocenters. The highest BCUT2D eigenvalue weighted by Gasteiger charge is 2.23. The molecule has 0 unspecified atom stereocenters. The highest BCUT2D eigenvalue weighted by atomic mass is 16.2. The minimum Gasteiger partial charge on any atom is -0.340 e. The van der Waals surface area contributed by atoms with Crippen LogP contribution in [0.4, 0.5) is 0 Å². The molecule has 0 radical (unpaired) electrons. The van der Waals surface area contributed by atoms with Crippen LogP contribution in [0.25, 0.3) is 0 Å². The van der Waals surface area contributed by atoms with Gasteiger partial charge in [-0.1, -0.05) is 6.92 Å². The van der Waals surface area contributed by atoms with Gasteiger partial charge in [-0.25, -0.2) is 0 Å². The number of nitrogens with one attached hydrogen (secondary N) is 1. The molecule has 1 aliphatic heterocycles. The molecule has 70 valence electrons. The van der Waals surface area contributed by atoms with Crippen LogP contribution in [0.15, 0.2) is 0 Å². The number of hydrogen-bond donors (Lipinski definition) is 1. The maximum Gasteiger partial charge on any atom is 0.222 e. The second kappa shape index (κ2) is 3.90. The molecule has 3 nitrogen and oxygen atoms in total. The second-order valence-electron chi connectivity index (χ2n) is 3.62. The fourth-order valence-corrected chi connectivity index (χ4v) is 1.75. The lowest BCUT2D eigenvalue weighted by Crippen LogP contribution is -2.55. The van der Waals surface area contributed by atoms with E-state index in [1.54, 1.807) is 0 Å². The zero-order valence-corrected chi connectivity index (χ0v) is 8.13. The molecule has 1 aliphatic rings. The normalized spacial score (nSPS) is 30.4. The van der Waals surface area contributed by atoms with Crippen LogP contribution in [0.2, 0.25) is 0 Å². The van der Waals surface area contributed by atoms with Gasteiger partial charge in [-0.2, -0.15) is 0 Å². The van der Waals surface area contributed by atoms with Gasteiger partial charge in [0.05, 0.1) is 0 Å². The van der Waals surface area contributed by atoms with Gasteiger partial charge >= 0.3 is 0 Å². The van der Waals surface area contributed by atoms with Gasteiger partial charge < -0.3 is 10.2 Å². The van der Waals surface area contributed by atoms with Crippen LogP contribution in [0, 0.1) is 0 Å². The van der Waals surface area contributed by atoms with E-state index in [0.29, 0.717) is 18.5 Å². The van der Waals surface area contributed by atoms with E-state index in [1.165, 1.54) is 0 Å². The Morgan fingerprint density at radius 2 is 1.92 bits per heavy atom. The van der Waals surface area contributed by atoms with Crippen LogP contribution in [0.1, 0.15) is 27.2 Å². The lowest BCUT2D eigenvalue weighted by atomic mass is 10.1. The Bertz CT molecular complexity index is 160. The third kappa shape index (κ3) is 2.21. The molecule has 12 heavy (non-hydrogen) atoms. The van der Waals surface area contributed by atoms with Crippen molar-refractivity contribution in [1.82, 2.24) is 10.2 Å². The summed E-state index contributed by atoms with van der Waals surface area (Å²) in [5.74, 6) is 0.273. The van der Waals surface area contributed by atoms with Gasteiger partial charge in [0.15, 0.2) is 0 Å². The van der Waals surface area contributed by atoms with Crippen molar-refractivity contribution >= 4 is 5.91 Å². The molecule has 0 aromatic carbocycles. The van der Waals surface area contributed by atoms with Gasteiger partial charge in [0, 0.05) is 31.6 Å². The Balaban J connectivity index is 2.49. The van der Waals surface area contributed by atoms with Crippen LogP contribution in [0.5, 0.6) is 0 Å². The van der Waals surface area contributed by atoms with Crippen LogP contribution in [-0.4, -0.2) is 36.0 Å². The Hall–Kier alpha value is -0.570. The van der Waals surface area contributed by atoms with Crippen LogP contribution < -0.4 is 5.32 Å². The fraction of sp³-hybridized carbons (Fsp3) is 0.889. The molecule has 0 spiro atoms. The maximum absolute atomic E-state index is 11.4. The van der Waals surface area contributed by atoms with E-state index < -0.39 is 0 Å². The number of piperazine rings is 1. The first-order chi connectivity index (χ1) is 5.63. The number of nitrogens with zero attached hydrogens (tertiary/aromatic N) is 1. The van der Waals surface area contributed by atoms with E-state index in [9.17, 15) is 4.79 Å². The molecule has 0 bridgehead atoms. The third-order valence-corrected chi connectivity index (χ3v) is 2.21. The summed E-state index contributed by atoms with van der Waals surface area (Å²) in [4.78, 5) is 13.3. The summed E-state index contributed by atoms with van der Waals surface area (Å²) in [5, 5.41) is 3.39. The smallest absolute Gasteiger partial charge is 0.222 e. The van der Waals surface area contributed by atoms with Gasteiger partial charge in [0.25, 0.3) is 0 Å². The third-order valence-electron chi connectivity index (χ3n) is 2.21. The standard InChI is InChI=1S/C9H18N2O/c1-4-9(12)11-5-7(2)10-8(3)6-11/h7-8,10H,4-6H2,1-3H3/t7-,8+. The first-order valence-corrected chi connectivity index (χ1v) is 4.67. The zero-order chi connectivity index (χ0) is 9.14. The molecular weight excluding hydrogens is 152 g/mol. The van der Waals surface area contributed by atoms with Crippen molar-refractivity contribution in [2.24, 2.45) is 0 Å². The van der Waals surface area contributed by atoms with Crippen molar-refractivity contribution in [3.05, 3.63) is 0 Å². The van der Waals surface area contributed by atoms with Crippen LogP contribution in [0.3, 0.4) is 0 Å². The summed E-state index contributed by atoms with van der Waals surface area (Å²) >= 11 is 0. The van der Waals surface area contributed by atoms with Gasteiger partial charge in [0.1, 0.15) is 0 Å². The molecule has 1 N–H and O–H groups in total. The highest BCUT2D eigenvalue weighted by Crippen LogP contribution is 2.05. The van der Waals surface area contributed by atoms with Crippen molar-refractivity contribution in [3.63, 3.8) is 0 Å². The van der Waals surface area contributed by atoms with Crippen molar-refractivity contribution in [1.29, 1.82) is 0 Å². The molecule has 1 rings (SSSR count). The van der Waals surface area contributed by atoms with Crippen molar-refractivity contribution in [2.45, 2.75) is 39.3 Å². The molecule has 0 aliphatic carbocycles. The Morgan fingerprint density at radius 1 is 1.42 bits per heavy atom. The quantitative estimate of drug-likeness (QED) is 0.625. The molecule has 0 aromatic rings. The first kappa shape index (κ1) is 9.52.